The lowest BCUT2D eigenvalue weighted by Crippen LogP contribution is -2.46. The zero-order valence-corrected chi connectivity index (χ0v) is 11.9. The maximum atomic E-state index is 12.2. The van der Waals surface area contributed by atoms with Gasteiger partial charge in [0.25, 0.3) is 5.69 Å². The minimum Gasteiger partial charge on any atom is -0.391 e. The fourth-order valence-corrected chi connectivity index (χ4v) is 2.51. The Kier molecular flexibility index (Phi) is 4.74. The van der Waals surface area contributed by atoms with E-state index in [0.29, 0.717) is 25.2 Å². The summed E-state index contributed by atoms with van der Waals surface area (Å²) in [5.74, 6) is -0.130. The van der Waals surface area contributed by atoms with Crippen LogP contribution in [0.2, 0.25) is 0 Å². The SMILES string of the molecule is CN(CC(=O)N1CCCC(O)C1)c1ccccc1[N+](=O)[O-]. The average Bonchev–Trinajstić information content (AvgIpc) is 2.47. The lowest BCUT2D eigenvalue weighted by molar-refractivity contribution is -0.384. The van der Waals surface area contributed by atoms with Crippen molar-refractivity contribution in [3.05, 3.63) is 34.4 Å². The summed E-state index contributed by atoms with van der Waals surface area (Å²) in [4.78, 5) is 25.9. The van der Waals surface area contributed by atoms with Crippen molar-refractivity contribution in [1.29, 1.82) is 0 Å². The molecule has 1 heterocycles. The number of nitro benzene ring substituents is 1. The van der Waals surface area contributed by atoms with E-state index in [9.17, 15) is 20.0 Å². The molecule has 1 aromatic carbocycles. The van der Waals surface area contributed by atoms with Crippen LogP contribution >= 0.6 is 0 Å². The largest absolute Gasteiger partial charge is 0.391 e. The molecule has 1 fully saturated rings. The number of anilines is 1. The lowest BCUT2D eigenvalue weighted by atomic mass is 10.1. The number of likely N-dealkylation sites (N-methyl/N-ethyl adjacent to an activating group) is 1. The van der Waals surface area contributed by atoms with E-state index in [0.717, 1.165) is 6.42 Å². The maximum absolute atomic E-state index is 12.2. The van der Waals surface area contributed by atoms with Crippen LogP contribution in [0.1, 0.15) is 12.8 Å². The zero-order valence-electron chi connectivity index (χ0n) is 11.9. The summed E-state index contributed by atoms with van der Waals surface area (Å²) in [7, 11) is 1.65. The number of aliphatic hydroxyl groups excluding tert-OH is 1. The second kappa shape index (κ2) is 6.53. The van der Waals surface area contributed by atoms with Crippen LogP contribution in [0.3, 0.4) is 0 Å². The van der Waals surface area contributed by atoms with Gasteiger partial charge in [-0.3, -0.25) is 14.9 Å². The molecule has 0 aliphatic carbocycles. The molecule has 1 aliphatic rings. The zero-order chi connectivity index (χ0) is 15.4. The van der Waals surface area contributed by atoms with Crippen LogP contribution in [0.25, 0.3) is 0 Å². The average molecular weight is 293 g/mol. The predicted molar refractivity (Wildman–Crippen MR) is 78.2 cm³/mol. The first-order valence-electron chi connectivity index (χ1n) is 6.89. The van der Waals surface area contributed by atoms with Crippen molar-refractivity contribution in [2.24, 2.45) is 0 Å². The lowest BCUT2D eigenvalue weighted by Gasteiger charge is -2.31. The Morgan fingerprint density at radius 2 is 2.24 bits per heavy atom. The molecule has 0 spiro atoms. The predicted octanol–water partition coefficient (Wildman–Crippen LogP) is 1.01. The van der Waals surface area contributed by atoms with Gasteiger partial charge in [0.05, 0.1) is 17.6 Å². The Bertz CT molecular complexity index is 535. The van der Waals surface area contributed by atoms with Crippen LogP contribution in [-0.4, -0.2) is 53.6 Å². The molecule has 1 aliphatic heterocycles. The number of benzene rings is 1. The molecule has 0 aromatic heterocycles. The number of rotatable bonds is 4. The molecule has 1 saturated heterocycles. The van der Waals surface area contributed by atoms with E-state index in [4.69, 9.17) is 0 Å². The van der Waals surface area contributed by atoms with Gasteiger partial charge in [0.15, 0.2) is 0 Å². The molecule has 1 unspecified atom stereocenters. The molecule has 0 saturated carbocycles. The third-order valence-corrected chi connectivity index (χ3v) is 3.61. The second-order valence-corrected chi connectivity index (χ2v) is 5.24. The number of aliphatic hydroxyl groups is 1. The molecule has 114 valence electrons. The van der Waals surface area contributed by atoms with Gasteiger partial charge >= 0.3 is 0 Å². The standard InChI is InChI=1S/C14H19N3O4/c1-15(12-6-2-3-7-13(12)17(20)21)10-14(19)16-8-4-5-11(18)9-16/h2-3,6-7,11,18H,4-5,8-10H2,1H3. The third kappa shape index (κ3) is 3.69. The van der Waals surface area contributed by atoms with Gasteiger partial charge in [0.2, 0.25) is 5.91 Å². The molecule has 1 atom stereocenters. The van der Waals surface area contributed by atoms with Gasteiger partial charge in [-0.1, -0.05) is 12.1 Å². The molecule has 7 nitrogen and oxygen atoms in total. The van der Waals surface area contributed by atoms with Gasteiger partial charge in [0.1, 0.15) is 5.69 Å². The van der Waals surface area contributed by atoms with Crippen LogP contribution in [0.5, 0.6) is 0 Å². The summed E-state index contributed by atoms with van der Waals surface area (Å²) in [6, 6.07) is 6.34. The number of carbonyl (C=O) groups excluding carboxylic acids is 1. The van der Waals surface area contributed by atoms with E-state index in [1.807, 2.05) is 0 Å². The van der Waals surface area contributed by atoms with Crippen molar-refractivity contribution >= 4 is 17.3 Å². The first-order valence-corrected chi connectivity index (χ1v) is 6.89. The number of piperidine rings is 1. The van der Waals surface area contributed by atoms with Crippen molar-refractivity contribution < 1.29 is 14.8 Å². The summed E-state index contributed by atoms with van der Waals surface area (Å²) in [5, 5.41) is 20.6. The van der Waals surface area contributed by atoms with Gasteiger partial charge in [-0.2, -0.15) is 0 Å². The van der Waals surface area contributed by atoms with Crippen molar-refractivity contribution in [2.75, 3.05) is 31.6 Å². The highest BCUT2D eigenvalue weighted by Crippen LogP contribution is 2.26. The minimum absolute atomic E-state index is 0.0218. The van der Waals surface area contributed by atoms with Gasteiger partial charge in [-0.25, -0.2) is 0 Å². The second-order valence-electron chi connectivity index (χ2n) is 5.24. The quantitative estimate of drug-likeness (QED) is 0.661. The van der Waals surface area contributed by atoms with Crippen LogP contribution in [0.15, 0.2) is 24.3 Å². The molecular weight excluding hydrogens is 274 g/mol. The first kappa shape index (κ1) is 15.2. The molecule has 2 rings (SSSR count). The number of amides is 1. The maximum Gasteiger partial charge on any atom is 0.292 e. The van der Waals surface area contributed by atoms with Crippen LogP contribution in [-0.2, 0) is 4.79 Å². The Morgan fingerprint density at radius 1 is 1.52 bits per heavy atom. The first-order chi connectivity index (χ1) is 9.99. The number of para-hydroxylation sites is 2. The van der Waals surface area contributed by atoms with Crippen molar-refractivity contribution in [3.8, 4) is 0 Å². The summed E-state index contributed by atoms with van der Waals surface area (Å²) in [6.45, 7) is 1.02. The van der Waals surface area contributed by atoms with Gasteiger partial charge < -0.3 is 14.9 Å². The van der Waals surface area contributed by atoms with Gasteiger partial charge in [-0.05, 0) is 18.9 Å². The van der Waals surface area contributed by atoms with Gasteiger partial charge in [-0.15, -0.1) is 0 Å². The Hall–Kier alpha value is -2.15. The minimum atomic E-state index is -0.473. The molecule has 1 aromatic rings. The van der Waals surface area contributed by atoms with Crippen LogP contribution in [0.4, 0.5) is 11.4 Å². The number of hydrogen-bond donors (Lipinski definition) is 1. The Labute approximate surface area is 122 Å². The number of nitro groups is 1. The third-order valence-electron chi connectivity index (χ3n) is 3.61. The summed E-state index contributed by atoms with van der Waals surface area (Å²) < 4.78 is 0. The topological polar surface area (TPSA) is 86.9 Å². The molecule has 1 amide bonds. The van der Waals surface area contributed by atoms with Crippen molar-refractivity contribution in [3.63, 3.8) is 0 Å². The summed E-state index contributed by atoms with van der Waals surface area (Å²) in [5.41, 5.74) is 0.389. The highest BCUT2D eigenvalue weighted by Gasteiger charge is 2.24. The van der Waals surface area contributed by atoms with E-state index in [1.165, 1.54) is 6.07 Å². The van der Waals surface area contributed by atoms with Gasteiger partial charge in [0, 0.05) is 26.2 Å². The van der Waals surface area contributed by atoms with E-state index in [2.05, 4.69) is 0 Å². The normalized spacial score (nSPS) is 18.4. The fraction of sp³-hybridized carbons (Fsp3) is 0.500. The molecule has 7 heteroatoms. The monoisotopic (exact) mass is 293 g/mol. The fourth-order valence-electron chi connectivity index (χ4n) is 2.51. The molecule has 0 radical (unpaired) electrons. The van der Waals surface area contributed by atoms with E-state index < -0.39 is 11.0 Å². The van der Waals surface area contributed by atoms with E-state index in [-0.39, 0.29) is 18.1 Å². The van der Waals surface area contributed by atoms with E-state index in [1.54, 1.807) is 35.0 Å². The summed E-state index contributed by atoms with van der Waals surface area (Å²) in [6.07, 6.45) is 1.02. The number of carbonyl (C=O) groups is 1. The molecule has 0 bridgehead atoms. The van der Waals surface area contributed by atoms with Crippen LogP contribution in [0, 0.1) is 10.1 Å². The number of likely N-dealkylation sites (tertiary alicyclic amines) is 1. The number of β-amino-alcohol motifs (C(OH)–C–C–N with tert-alkyl or cyclic N) is 1. The highest BCUT2D eigenvalue weighted by atomic mass is 16.6. The summed E-state index contributed by atoms with van der Waals surface area (Å²) >= 11 is 0. The number of nitrogens with zero attached hydrogens (tertiary/aromatic N) is 3. The van der Waals surface area contributed by atoms with Crippen molar-refractivity contribution in [2.45, 2.75) is 18.9 Å². The van der Waals surface area contributed by atoms with Crippen LogP contribution < -0.4 is 4.90 Å². The smallest absolute Gasteiger partial charge is 0.292 e. The van der Waals surface area contributed by atoms with E-state index >= 15 is 0 Å². The molecule has 1 N–H and O–H groups in total. The Balaban J connectivity index is 2.05. The molecule has 21 heavy (non-hydrogen) atoms. The highest BCUT2D eigenvalue weighted by molar-refractivity contribution is 5.82. The van der Waals surface area contributed by atoms with Crippen molar-refractivity contribution in [1.82, 2.24) is 4.90 Å². The Morgan fingerprint density at radius 3 is 2.90 bits per heavy atom. The number of hydrogen-bond acceptors (Lipinski definition) is 5. The molecular formula is C14H19N3O4.